The van der Waals surface area contributed by atoms with Crippen LogP contribution in [0.15, 0.2) is 82.3 Å². The second-order valence-corrected chi connectivity index (χ2v) is 9.82. The van der Waals surface area contributed by atoms with Crippen molar-refractivity contribution in [2.24, 2.45) is 4.99 Å². The van der Waals surface area contributed by atoms with Gasteiger partial charge in [-0.3, -0.25) is 14.5 Å². The quantitative estimate of drug-likeness (QED) is 0.410. The molecule has 0 aromatic heterocycles. The van der Waals surface area contributed by atoms with Gasteiger partial charge in [-0.1, -0.05) is 45.9 Å². The summed E-state index contributed by atoms with van der Waals surface area (Å²) >= 11 is 4.69. The molecule has 4 rings (SSSR count). The predicted molar refractivity (Wildman–Crippen MR) is 142 cm³/mol. The molecule has 0 spiro atoms. The number of hydrogen-bond acceptors (Lipinski definition) is 6. The lowest BCUT2D eigenvalue weighted by molar-refractivity contribution is -0.129. The molecule has 0 bridgehead atoms. The minimum absolute atomic E-state index is 0.0717. The number of methoxy groups -OCH3 is 2. The van der Waals surface area contributed by atoms with Crippen LogP contribution in [0.5, 0.6) is 11.5 Å². The highest BCUT2D eigenvalue weighted by molar-refractivity contribution is 9.10. The van der Waals surface area contributed by atoms with Crippen molar-refractivity contribution in [3.8, 4) is 11.5 Å². The Bertz CT molecular complexity index is 1230. The van der Waals surface area contributed by atoms with Crippen LogP contribution in [0.3, 0.4) is 0 Å². The second-order valence-electron chi connectivity index (χ2n) is 7.73. The van der Waals surface area contributed by atoms with E-state index >= 15 is 0 Å². The number of halogens is 1. The molecule has 3 aromatic carbocycles. The Balaban J connectivity index is 1.59. The standard InChI is InChI=1S/C26H24BrN3O4S/c1-33-21-10-6-17(7-11-21)16-30-24(31)15-23(25(32)28-20-5-3-4-18(27)14-20)35-26(30)29-19-8-12-22(34-2)13-9-19/h3-14,23H,15-16H2,1-2H3,(H,28,32). The summed E-state index contributed by atoms with van der Waals surface area (Å²) in [4.78, 5) is 32.6. The molecule has 9 heteroatoms. The van der Waals surface area contributed by atoms with E-state index in [0.717, 1.165) is 15.8 Å². The van der Waals surface area contributed by atoms with Crippen molar-refractivity contribution in [1.29, 1.82) is 0 Å². The number of aliphatic imine (C=N–C) groups is 1. The largest absolute Gasteiger partial charge is 0.497 e. The summed E-state index contributed by atoms with van der Waals surface area (Å²) in [5, 5.41) is 2.77. The number of benzene rings is 3. The molecule has 7 nitrogen and oxygen atoms in total. The Morgan fingerprint density at radius 3 is 2.34 bits per heavy atom. The monoisotopic (exact) mass is 553 g/mol. The molecule has 180 valence electrons. The van der Waals surface area contributed by atoms with Crippen LogP contribution < -0.4 is 14.8 Å². The van der Waals surface area contributed by atoms with E-state index in [2.05, 4.69) is 21.2 Å². The Kier molecular flexibility index (Phi) is 8.09. The van der Waals surface area contributed by atoms with Crippen molar-refractivity contribution < 1.29 is 19.1 Å². The molecule has 2 amide bonds. The molecule has 1 N–H and O–H groups in total. The molecule has 1 aliphatic heterocycles. The molecule has 3 aromatic rings. The average molecular weight is 554 g/mol. The maximum absolute atomic E-state index is 13.2. The lowest BCUT2D eigenvalue weighted by Gasteiger charge is -2.32. The summed E-state index contributed by atoms with van der Waals surface area (Å²) in [7, 11) is 3.21. The van der Waals surface area contributed by atoms with E-state index in [-0.39, 0.29) is 18.2 Å². The Morgan fingerprint density at radius 1 is 1.06 bits per heavy atom. The summed E-state index contributed by atoms with van der Waals surface area (Å²) < 4.78 is 11.3. The van der Waals surface area contributed by atoms with Crippen molar-refractivity contribution >= 4 is 56.0 Å². The van der Waals surface area contributed by atoms with Crippen LogP contribution in [-0.4, -0.2) is 41.4 Å². The van der Waals surface area contributed by atoms with Gasteiger partial charge in [0, 0.05) is 16.6 Å². The van der Waals surface area contributed by atoms with Crippen LogP contribution in [0, 0.1) is 0 Å². The average Bonchev–Trinajstić information content (AvgIpc) is 2.86. The molecule has 0 saturated carbocycles. The van der Waals surface area contributed by atoms with Crippen molar-refractivity contribution in [2.45, 2.75) is 18.2 Å². The topological polar surface area (TPSA) is 80.2 Å². The summed E-state index contributed by atoms with van der Waals surface area (Å²) in [6.45, 7) is 0.338. The molecule has 1 atom stereocenters. The molecule has 1 heterocycles. The number of amides is 2. The molecule has 0 aliphatic carbocycles. The number of rotatable bonds is 7. The zero-order chi connectivity index (χ0) is 24.8. The number of ether oxygens (including phenoxy) is 2. The summed E-state index contributed by atoms with van der Waals surface area (Å²) in [5.74, 6) is 1.04. The normalized spacial score (nSPS) is 16.8. The lowest BCUT2D eigenvalue weighted by atomic mass is 10.2. The number of amidine groups is 1. The first kappa shape index (κ1) is 24.8. The summed E-state index contributed by atoms with van der Waals surface area (Å²) in [6.07, 6.45) is 0.0717. The van der Waals surface area contributed by atoms with Gasteiger partial charge in [-0.25, -0.2) is 4.99 Å². The number of hydrogen-bond donors (Lipinski definition) is 1. The smallest absolute Gasteiger partial charge is 0.238 e. The molecule has 1 aliphatic rings. The van der Waals surface area contributed by atoms with Gasteiger partial charge in [0.2, 0.25) is 11.8 Å². The van der Waals surface area contributed by atoms with Crippen LogP contribution >= 0.6 is 27.7 Å². The SMILES string of the molecule is COc1ccc(CN2C(=O)CC(C(=O)Nc3cccc(Br)c3)SC2=Nc2ccc(OC)cc2)cc1. The number of carbonyl (C=O) groups is 2. The number of carbonyl (C=O) groups excluding carboxylic acids is 2. The van der Waals surface area contributed by atoms with Crippen LogP contribution in [0.4, 0.5) is 11.4 Å². The van der Waals surface area contributed by atoms with Gasteiger partial charge in [-0.2, -0.15) is 0 Å². The van der Waals surface area contributed by atoms with E-state index < -0.39 is 5.25 Å². The van der Waals surface area contributed by atoms with Gasteiger partial charge in [0.1, 0.15) is 16.7 Å². The van der Waals surface area contributed by atoms with Gasteiger partial charge in [0.25, 0.3) is 0 Å². The summed E-state index contributed by atoms with van der Waals surface area (Å²) in [6, 6.07) is 22.1. The van der Waals surface area contributed by atoms with Gasteiger partial charge in [0.05, 0.1) is 26.5 Å². The number of nitrogens with zero attached hydrogens (tertiary/aromatic N) is 2. The van der Waals surface area contributed by atoms with Crippen LogP contribution in [-0.2, 0) is 16.1 Å². The number of nitrogens with one attached hydrogen (secondary N) is 1. The first-order chi connectivity index (χ1) is 16.9. The molecule has 1 saturated heterocycles. The first-order valence-corrected chi connectivity index (χ1v) is 12.5. The minimum atomic E-state index is -0.606. The van der Waals surface area contributed by atoms with Crippen LogP contribution in [0.1, 0.15) is 12.0 Å². The maximum Gasteiger partial charge on any atom is 0.238 e. The van der Waals surface area contributed by atoms with Crippen molar-refractivity contribution in [1.82, 2.24) is 4.90 Å². The Morgan fingerprint density at radius 2 is 1.71 bits per heavy atom. The zero-order valence-electron chi connectivity index (χ0n) is 19.2. The highest BCUT2D eigenvalue weighted by atomic mass is 79.9. The van der Waals surface area contributed by atoms with Crippen LogP contribution in [0.25, 0.3) is 0 Å². The third kappa shape index (κ3) is 6.43. The molecule has 0 radical (unpaired) electrons. The molecule has 1 unspecified atom stereocenters. The predicted octanol–water partition coefficient (Wildman–Crippen LogP) is 5.63. The fraction of sp³-hybridized carbons (Fsp3) is 0.192. The van der Waals surface area contributed by atoms with Crippen LogP contribution in [0.2, 0.25) is 0 Å². The fourth-order valence-electron chi connectivity index (χ4n) is 3.47. The van der Waals surface area contributed by atoms with E-state index in [1.165, 1.54) is 11.8 Å². The van der Waals surface area contributed by atoms with E-state index in [9.17, 15) is 9.59 Å². The van der Waals surface area contributed by atoms with Gasteiger partial charge in [0.15, 0.2) is 5.17 Å². The molecule has 1 fully saturated rings. The van der Waals surface area contributed by atoms with Crippen molar-refractivity contribution in [3.05, 3.63) is 82.8 Å². The minimum Gasteiger partial charge on any atom is -0.497 e. The Labute approximate surface area is 216 Å². The Hall–Kier alpha value is -3.30. The van der Waals surface area contributed by atoms with Gasteiger partial charge >= 0.3 is 0 Å². The van der Waals surface area contributed by atoms with Crippen molar-refractivity contribution in [2.75, 3.05) is 19.5 Å². The van der Waals surface area contributed by atoms with Gasteiger partial charge < -0.3 is 14.8 Å². The number of thioether (sulfide) groups is 1. The third-order valence-electron chi connectivity index (χ3n) is 5.32. The maximum atomic E-state index is 13.2. The van der Waals surface area contributed by atoms with E-state index in [1.807, 2.05) is 54.6 Å². The number of anilines is 1. The summed E-state index contributed by atoms with van der Waals surface area (Å²) in [5.41, 5.74) is 2.25. The lowest BCUT2D eigenvalue weighted by Crippen LogP contribution is -2.44. The van der Waals surface area contributed by atoms with E-state index in [0.29, 0.717) is 28.8 Å². The van der Waals surface area contributed by atoms with E-state index in [1.54, 1.807) is 37.3 Å². The van der Waals surface area contributed by atoms with Crippen molar-refractivity contribution in [3.63, 3.8) is 0 Å². The molecular formula is C26H24BrN3O4S. The molecular weight excluding hydrogens is 530 g/mol. The highest BCUT2D eigenvalue weighted by Crippen LogP contribution is 2.32. The molecule has 35 heavy (non-hydrogen) atoms. The zero-order valence-corrected chi connectivity index (χ0v) is 21.6. The third-order valence-corrected chi connectivity index (χ3v) is 7.00. The van der Waals surface area contributed by atoms with Gasteiger partial charge in [-0.05, 0) is 60.2 Å². The van der Waals surface area contributed by atoms with E-state index in [4.69, 9.17) is 14.5 Å². The second kappa shape index (κ2) is 11.4. The first-order valence-electron chi connectivity index (χ1n) is 10.8. The fourth-order valence-corrected chi connectivity index (χ4v) is 4.96. The highest BCUT2D eigenvalue weighted by Gasteiger charge is 2.36. The van der Waals surface area contributed by atoms with Gasteiger partial charge in [-0.15, -0.1) is 0 Å².